The first-order valence-electron chi connectivity index (χ1n) is 5.64. The summed E-state index contributed by atoms with van der Waals surface area (Å²) in [7, 11) is 0. The summed E-state index contributed by atoms with van der Waals surface area (Å²) in [4.78, 5) is 14.7. The first-order chi connectivity index (χ1) is 8.77. The number of hydrogen-bond acceptors (Lipinski definition) is 2. The van der Waals surface area contributed by atoms with Gasteiger partial charge in [0.25, 0.3) is 0 Å². The van der Waals surface area contributed by atoms with Crippen molar-refractivity contribution in [2.45, 2.75) is 25.9 Å². The Morgan fingerprint density at radius 3 is 2.58 bits per heavy atom. The van der Waals surface area contributed by atoms with Crippen molar-refractivity contribution in [1.29, 1.82) is 0 Å². The number of pyridine rings is 1. The molecule has 0 bridgehead atoms. The van der Waals surface area contributed by atoms with Crippen LogP contribution in [-0.4, -0.2) is 21.5 Å². The molecule has 0 atom stereocenters. The van der Waals surface area contributed by atoms with Gasteiger partial charge in [0.2, 0.25) is 0 Å². The van der Waals surface area contributed by atoms with Crippen LogP contribution in [0.15, 0.2) is 24.5 Å². The van der Waals surface area contributed by atoms with E-state index in [1.54, 1.807) is 22.0 Å². The Morgan fingerprint density at radius 1 is 1.32 bits per heavy atom. The summed E-state index contributed by atoms with van der Waals surface area (Å²) < 4.78 is 37.9. The van der Waals surface area contributed by atoms with Crippen molar-refractivity contribution in [3.8, 4) is 0 Å². The smallest absolute Gasteiger partial charge is 0.305 e. The summed E-state index contributed by atoms with van der Waals surface area (Å²) in [6, 6.07) is 3.54. The lowest BCUT2D eigenvalue weighted by atomic mass is 10.1. The zero-order valence-electron chi connectivity index (χ0n) is 10.3. The molecule has 0 aliphatic heterocycles. The maximum absolute atomic E-state index is 12.1. The predicted octanol–water partition coefficient (Wildman–Crippen LogP) is 2.96. The molecule has 1 amide bonds. The van der Waals surface area contributed by atoms with Gasteiger partial charge in [0.1, 0.15) is 5.65 Å². The molecule has 2 heterocycles. The fourth-order valence-electron chi connectivity index (χ4n) is 1.60. The fourth-order valence-corrected chi connectivity index (χ4v) is 1.60. The van der Waals surface area contributed by atoms with Crippen LogP contribution in [0.4, 0.5) is 19.0 Å². The van der Waals surface area contributed by atoms with E-state index in [0.29, 0.717) is 11.6 Å². The van der Waals surface area contributed by atoms with Gasteiger partial charge in [0.05, 0.1) is 6.20 Å². The molecular formula is C12H12F3N3O. The lowest BCUT2D eigenvalue weighted by molar-refractivity contribution is -0.167. The molecule has 2 aromatic rings. The topological polar surface area (TPSA) is 46.4 Å². The predicted molar refractivity (Wildman–Crippen MR) is 64.0 cm³/mol. The number of carbonyl (C=O) groups excluding carboxylic acids is 1. The van der Waals surface area contributed by atoms with Gasteiger partial charge < -0.3 is 9.72 Å². The normalized spacial score (nSPS) is 12.1. The van der Waals surface area contributed by atoms with E-state index in [1.807, 2.05) is 19.9 Å². The minimum absolute atomic E-state index is 0.122. The SMILES string of the molecule is CC(C)c1ccc2nc(NC(=O)C(F)(F)F)cn2c1. The van der Waals surface area contributed by atoms with Gasteiger partial charge in [-0.05, 0) is 17.5 Å². The second-order valence-electron chi connectivity index (χ2n) is 4.46. The molecule has 0 saturated heterocycles. The van der Waals surface area contributed by atoms with Crippen molar-refractivity contribution < 1.29 is 18.0 Å². The van der Waals surface area contributed by atoms with Crippen molar-refractivity contribution in [2.24, 2.45) is 0 Å². The highest BCUT2D eigenvalue weighted by Crippen LogP contribution is 2.20. The number of fused-ring (bicyclic) bond motifs is 1. The lowest BCUT2D eigenvalue weighted by Crippen LogP contribution is -2.30. The van der Waals surface area contributed by atoms with Crippen molar-refractivity contribution in [3.05, 3.63) is 30.1 Å². The fraction of sp³-hybridized carbons (Fsp3) is 0.333. The van der Waals surface area contributed by atoms with E-state index < -0.39 is 12.1 Å². The Kier molecular flexibility index (Phi) is 3.21. The summed E-state index contributed by atoms with van der Waals surface area (Å²) in [6.07, 6.45) is -1.79. The monoisotopic (exact) mass is 271 g/mol. The van der Waals surface area contributed by atoms with E-state index in [0.717, 1.165) is 5.56 Å². The largest absolute Gasteiger partial charge is 0.471 e. The molecule has 0 spiro atoms. The molecule has 4 nitrogen and oxygen atoms in total. The number of carbonyl (C=O) groups is 1. The summed E-state index contributed by atoms with van der Waals surface area (Å²) in [6.45, 7) is 4.01. The third-order valence-electron chi connectivity index (χ3n) is 2.64. The van der Waals surface area contributed by atoms with Gasteiger partial charge >= 0.3 is 12.1 Å². The molecule has 1 N–H and O–H groups in total. The minimum atomic E-state index is -4.92. The number of alkyl halides is 3. The third kappa shape index (κ3) is 2.86. The molecule has 0 aliphatic carbocycles. The van der Waals surface area contributed by atoms with Gasteiger partial charge in [0.15, 0.2) is 5.82 Å². The molecule has 0 aromatic carbocycles. The van der Waals surface area contributed by atoms with Crippen molar-refractivity contribution >= 4 is 17.4 Å². The number of imidazole rings is 1. The Balaban J connectivity index is 2.29. The molecule has 19 heavy (non-hydrogen) atoms. The van der Waals surface area contributed by atoms with Crippen LogP contribution in [0.5, 0.6) is 0 Å². The average Bonchev–Trinajstić information content (AvgIpc) is 2.68. The Hall–Kier alpha value is -2.05. The second kappa shape index (κ2) is 4.56. The number of hydrogen-bond donors (Lipinski definition) is 1. The van der Waals surface area contributed by atoms with E-state index in [-0.39, 0.29) is 5.82 Å². The van der Waals surface area contributed by atoms with E-state index >= 15 is 0 Å². The highest BCUT2D eigenvalue weighted by molar-refractivity contribution is 5.94. The van der Waals surface area contributed by atoms with Crippen LogP contribution < -0.4 is 5.32 Å². The maximum Gasteiger partial charge on any atom is 0.471 e. The van der Waals surface area contributed by atoms with Crippen molar-refractivity contribution in [2.75, 3.05) is 5.32 Å². The maximum atomic E-state index is 12.1. The zero-order valence-corrected chi connectivity index (χ0v) is 10.3. The first-order valence-corrected chi connectivity index (χ1v) is 5.64. The highest BCUT2D eigenvalue weighted by Gasteiger charge is 2.39. The van der Waals surface area contributed by atoms with E-state index in [1.165, 1.54) is 6.20 Å². The van der Waals surface area contributed by atoms with E-state index in [4.69, 9.17) is 0 Å². The molecule has 2 aromatic heterocycles. The number of anilines is 1. The Morgan fingerprint density at radius 2 is 2.00 bits per heavy atom. The van der Waals surface area contributed by atoms with E-state index in [2.05, 4.69) is 4.98 Å². The van der Waals surface area contributed by atoms with Gasteiger partial charge in [-0.15, -0.1) is 0 Å². The first kappa shape index (κ1) is 13.4. The summed E-state index contributed by atoms with van der Waals surface area (Å²) >= 11 is 0. The molecule has 0 saturated carbocycles. The molecular weight excluding hydrogens is 259 g/mol. The molecule has 102 valence electrons. The molecule has 2 rings (SSSR count). The number of halogens is 3. The van der Waals surface area contributed by atoms with Gasteiger partial charge in [-0.2, -0.15) is 13.2 Å². The van der Waals surface area contributed by atoms with Crippen LogP contribution in [0.2, 0.25) is 0 Å². The number of rotatable bonds is 2. The number of nitrogens with one attached hydrogen (secondary N) is 1. The van der Waals surface area contributed by atoms with Crippen molar-refractivity contribution in [1.82, 2.24) is 9.38 Å². The summed E-state index contributed by atoms with van der Waals surface area (Å²) in [5, 5.41) is 1.72. The molecule has 7 heteroatoms. The van der Waals surface area contributed by atoms with Gasteiger partial charge in [-0.25, -0.2) is 4.98 Å². The third-order valence-corrected chi connectivity index (χ3v) is 2.64. The standard InChI is InChI=1S/C12H12F3N3O/c1-7(2)8-3-4-10-16-9(6-18(10)5-8)17-11(19)12(13,14)15/h3-7H,1-2H3,(H,17,19). The number of nitrogens with zero attached hydrogens (tertiary/aromatic N) is 2. The number of amides is 1. The molecule has 0 unspecified atom stereocenters. The Bertz CT molecular complexity index is 616. The van der Waals surface area contributed by atoms with Gasteiger partial charge in [-0.3, -0.25) is 4.79 Å². The summed E-state index contributed by atoms with van der Waals surface area (Å²) in [5.41, 5.74) is 1.50. The van der Waals surface area contributed by atoms with E-state index in [9.17, 15) is 18.0 Å². The lowest BCUT2D eigenvalue weighted by Gasteiger charge is -2.04. The van der Waals surface area contributed by atoms with Crippen LogP contribution >= 0.6 is 0 Å². The summed E-state index contributed by atoms with van der Waals surface area (Å²) in [5.74, 6) is -1.86. The van der Waals surface area contributed by atoms with Gasteiger partial charge in [-0.1, -0.05) is 19.9 Å². The van der Waals surface area contributed by atoms with Crippen LogP contribution in [0.1, 0.15) is 25.3 Å². The highest BCUT2D eigenvalue weighted by atomic mass is 19.4. The molecule has 0 radical (unpaired) electrons. The number of aromatic nitrogens is 2. The van der Waals surface area contributed by atoms with Crippen LogP contribution in [-0.2, 0) is 4.79 Å². The average molecular weight is 271 g/mol. The van der Waals surface area contributed by atoms with Crippen LogP contribution in [0, 0.1) is 0 Å². The van der Waals surface area contributed by atoms with Crippen molar-refractivity contribution in [3.63, 3.8) is 0 Å². The zero-order chi connectivity index (χ0) is 14.2. The molecule has 0 aliphatic rings. The second-order valence-corrected chi connectivity index (χ2v) is 4.46. The molecule has 0 fully saturated rings. The van der Waals surface area contributed by atoms with Crippen LogP contribution in [0.3, 0.4) is 0 Å². The van der Waals surface area contributed by atoms with Crippen LogP contribution in [0.25, 0.3) is 5.65 Å². The van der Waals surface area contributed by atoms with Gasteiger partial charge in [0, 0.05) is 6.20 Å². The Labute approximate surface area is 107 Å². The minimum Gasteiger partial charge on any atom is -0.305 e. The quantitative estimate of drug-likeness (QED) is 0.912.